The van der Waals surface area contributed by atoms with Crippen molar-refractivity contribution in [3.63, 3.8) is 0 Å². The lowest BCUT2D eigenvalue weighted by molar-refractivity contribution is -0.116. The summed E-state index contributed by atoms with van der Waals surface area (Å²) in [6.45, 7) is -0.115. The van der Waals surface area contributed by atoms with Gasteiger partial charge >= 0.3 is 0 Å². The van der Waals surface area contributed by atoms with E-state index >= 15 is 0 Å². The molecule has 0 radical (unpaired) electrons. The van der Waals surface area contributed by atoms with Gasteiger partial charge in [-0.3, -0.25) is 19.1 Å². The third-order valence-electron chi connectivity index (χ3n) is 3.44. The topological polar surface area (TPSA) is 89.8 Å². The maximum Gasteiger partial charge on any atom is 0.262 e. The van der Waals surface area contributed by atoms with E-state index in [2.05, 4.69) is 20.3 Å². The molecule has 0 atom stereocenters. The molecule has 4 rings (SSSR count). The standard InChI is InChI=1S/C16H11N5O2S2/c22-13(7-21-9-18-14-10(15(21)23)4-6-24-14)20-16-19-12(8-25-16)11-3-1-2-5-17-11/h1-6,8-9H,7H2,(H,19,20,22). The molecule has 4 aromatic rings. The highest BCUT2D eigenvalue weighted by Crippen LogP contribution is 2.23. The van der Waals surface area contributed by atoms with Gasteiger partial charge in [-0.1, -0.05) is 6.07 Å². The summed E-state index contributed by atoms with van der Waals surface area (Å²) in [5.74, 6) is -0.333. The van der Waals surface area contributed by atoms with Crippen molar-refractivity contribution in [2.75, 3.05) is 5.32 Å². The Bertz CT molecular complexity index is 1100. The molecule has 9 heteroatoms. The van der Waals surface area contributed by atoms with Crippen molar-refractivity contribution in [2.24, 2.45) is 0 Å². The summed E-state index contributed by atoms with van der Waals surface area (Å²) in [4.78, 5) is 37.9. The van der Waals surface area contributed by atoms with E-state index in [4.69, 9.17) is 0 Å². The van der Waals surface area contributed by atoms with Crippen LogP contribution in [0, 0.1) is 0 Å². The molecule has 7 nitrogen and oxygen atoms in total. The molecule has 0 aromatic carbocycles. The van der Waals surface area contributed by atoms with E-state index < -0.39 is 0 Å². The van der Waals surface area contributed by atoms with Gasteiger partial charge in [-0.15, -0.1) is 22.7 Å². The van der Waals surface area contributed by atoms with Crippen LogP contribution in [-0.2, 0) is 11.3 Å². The molecular weight excluding hydrogens is 358 g/mol. The lowest BCUT2D eigenvalue weighted by Gasteiger charge is -2.04. The number of nitrogens with zero attached hydrogens (tertiary/aromatic N) is 4. The molecule has 4 aromatic heterocycles. The van der Waals surface area contributed by atoms with E-state index in [1.807, 2.05) is 23.6 Å². The predicted octanol–water partition coefficient (Wildman–Crippen LogP) is 2.62. The van der Waals surface area contributed by atoms with Crippen LogP contribution in [0.15, 0.2) is 52.3 Å². The Morgan fingerprint density at radius 3 is 2.92 bits per heavy atom. The first-order valence-corrected chi connectivity index (χ1v) is 9.06. The number of carbonyl (C=O) groups is 1. The summed E-state index contributed by atoms with van der Waals surface area (Å²) in [6.07, 6.45) is 3.08. The number of hydrogen-bond donors (Lipinski definition) is 1. The van der Waals surface area contributed by atoms with Crippen LogP contribution >= 0.6 is 22.7 Å². The number of pyridine rings is 1. The SMILES string of the molecule is O=C(Cn1cnc2sccc2c1=O)Nc1nc(-c2ccccn2)cs1. The minimum atomic E-state index is -0.333. The second kappa shape index (κ2) is 6.54. The maximum absolute atomic E-state index is 12.3. The first-order chi connectivity index (χ1) is 12.2. The van der Waals surface area contributed by atoms with Crippen LogP contribution < -0.4 is 10.9 Å². The van der Waals surface area contributed by atoms with Gasteiger partial charge in [0, 0.05) is 11.6 Å². The molecular formula is C16H11N5O2S2. The van der Waals surface area contributed by atoms with Crippen LogP contribution in [0.4, 0.5) is 5.13 Å². The molecule has 0 saturated heterocycles. The van der Waals surface area contributed by atoms with Gasteiger partial charge < -0.3 is 5.32 Å². The number of amides is 1. The van der Waals surface area contributed by atoms with Crippen molar-refractivity contribution in [3.8, 4) is 11.4 Å². The zero-order valence-corrected chi connectivity index (χ0v) is 14.4. The number of anilines is 1. The highest BCUT2D eigenvalue weighted by atomic mass is 32.1. The lowest BCUT2D eigenvalue weighted by Crippen LogP contribution is -2.27. The van der Waals surface area contributed by atoms with E-state index in [0.29, 0.717) is 21.0 Å². The van der Waals surface area contributed by atoms with Gasteiger partial charge in [-0.25, -0.2) is 9.97 Å². The van der Waals surface area contributed by atoms with Crippen molar-refractivity contribution in [3.05, 3.63) is 57.9 Å². The molecule has 124 valence electrons. The number of thiophene rings is 1. The van der Waals surface area contributed by atoms with Crippen LogP contribution in [0.25, 0.3) is 21.6 Å². The number of thiazole rings is 1. The van der Waals surface area contributed by atoms with E-state index in [0.717, 1.165) is 5.69 Å². The Hall–Kier alpha value is -2.91. The molecule has 0 fully saturated rings. The summed E-state index contributed by atoms with van der Waals surface area (Å²) in [6, 6.07) is 7.26. The van der Waals surface area contributed by atoms with Crippen molar-refractivity contribution in [2.45, 2.75) is 6.54 Å². The van der Waals surface area contributed by atoms with Crippen molar-refractivity contribution >= 4 is 43.9 Å². The Labute approximate surface area is 149 Å². The monoisotopic (exact) mass is 369 g/mol. The van der Waals surface area contributed by atoms with Crippen molar-refractivity contribution < 1.29 is 4.79 Å². The normalized spacial score (nSPS) is 10.9. The first-order valence-electron chi connectivity index (χ1n) is 7.30. The van der Waals surface area contributed by atoms with Gasteiger partial charge in [-0.2, -0.15) is 0 Å². The first kappa shape index (κ1) is 15.6. The third-order valence-corrected chi connectivity index (χ3v) is 5.02. The smallest absolute Gasteiger partial charge is 0.262 e. The van der Waals surface area contributed by atoms with Gasteiger partial charge in [-0.05, 0) is 23.6 Å². The molecule has 25 heavy (non-hydrogen) atoms. The van der Waals surface area contributed by atoms with E-state index in [-0.39, 0.29) is 18.0 Å². The Morgan fingerprint density at radius 2 is 2.08 bits per heavy atom. The molecule has 1 N–H and O–H groups in total. The van der Waals surface area contributed by atoms with Gasteiger partial charge in [0.1, 0.15) is 17.1 Å². The van der Waals surface area contributed by atoms with Crippen LogP contribution in [-0.4, -0.2) is 25.4 Å². The molecule has 0 bridgehead atoms. The molecule has 0 aliphatic rings. The third kappa shape index (κ3) is 3.19. The predicted molar refractivity (Wildman–Crippen MR) is 97.9 cm³/mol. The van der Waals surface area contributed by atoms with E-state index in [9.17, 15) is 9.59 Å². The summed E-state index contributed by atoms with van der Waals surface area (Å²) < 4.78 is 1.29. The second-order valence-corrected chi connectivity index (χ2v) is 6.87. The van der Waals surface area contributed by atoms with Gasteiger partial charge in [0.2, 0.25) is 5.91 Å². The average molecular weight is 369 g/mol. The van der Waals surface area contributed by atoms with Crippen molar-refractivity contribution in [1.82, 2.24) is 19.5 Å². The number of fused-ring (bicyclic) bond motifs is 1. The van der Waals surface area contributed by atoms with Gasteiger partial charge in [0.05, 0.1) is 17.4 Å². The van der Waals surface area contributed by atoms with Crippen LogP contribution in [0.5, 0.6) is 0 Å². The minimum absolute atomic E-state index is 0.115. The fraction of sp³-hybridized carbons (Fsp3) is 0.0625. The van der Waals surface area contributed by atoms with E-state index in [1.54, 1.807) is 17.6 Å². The van der Waals surface area contributed by atoms with Crippen LogP contribution in [0.2, 0.25) is 0 Å². The number of aromatic nitrogens is 4. The molecule has 0 spiro atoms. The average Bonchev–Trinajstić information content (AvgIpc) is 3.28. The van der Waals surface area contributed by atoms with Crippen molar-refractivity contribution in [1.29, 1.82) is 0 Å². The highest BCUT2D eigenvalue weighted by molar-refractivity contribution is 7.16. The number of nitrogens with one attached hydrogen (secondary N) is 1. The Kier molecular flexibility index (Phi) is 4.08. The number of hydrogen-bond acceptors (Lipinski definition) is 7. The minimum Gasteiger partial charge on any atom is -0.300 e. The number of rotatable bonds is 4. The van der Waals surface area contributed by atoms with Crippen LogP contribution in [0.1, 0.15) is 0 Å². The maximum atomic E-state index is 12.3. The zero-order valence-electron chi connectivity index (χ0n) is 12.7. The molecule has 1 amide bonds. The summed E-state index contributed by atoms with van der Waals surface area (Å²) in [5.41, 5.74) is 1.21. The van der Waals surface area contributed by atoms with Gasteiger partial charge in [0.15, 0.2) is 5.13 Å². The fourth-order valence-corrected chi connectivity index (χ4v) is 3.73. The number of carbonyl (C=O) groups excluding carboxylic acids is 1. The lowest BCUT2D eigenvalue weighted by atomic mass is 10.3. The quantitative estimate of drug-likeness (QED) is 0.597. The molecule has 0 aliphatic carbocycles. The fourth-order valence-electron chi connectivity index (χ4n) is 2.28. The summed E-state index contributed by atoms with van der Waals surface area (Å²) in [5, 5.41) is 7.31. The van der Waals surface area contributed by atoms with Gasteiger partial charge in [0.25, 0.3) is 5.56 Å². The molecule has 0 unspecified atom stereocenters. The van der Waals surface area contributed by atoms with E-state index in [1.165, 1.54) is 33.6 Å². The zero-order chi connectivity index (χ0) is 17.2. The highest BCUT2D eigenvalue weighted by Gasteiger charge is 2.11. The summed E-state index contributed by atoms with van der Waals surface area (Å²) in [7, 11) is 0. The Morgan fingerprint density at radius 1 is 1.16 bits per heavy atom. The molecule has 0 saturated carbocycles. The summed E-state index contributed by atoms with van der Waals surface area (Å²) >= 11 is 2.70. The molecule has 4 heterocycles. The second-order valence-electron chi connectivity index (χ2n) is 5.12. The largest absolute Gasteiger partial charge is 0.300 e. The molecule has 0 aliphatic heterocycles. The van der Waals surface area contributed by atoms with Crippen LogP contribution in [0.3, 0.4) is 0 Å². The Balaban J connectivity index is 1.49.